The lowest BCUT2D eigenvalue weighted by molar-refractivity contribution is -0.139. The summed E-state index contributed by atoms with van der Waals surface area (Å²) in [5, 5.41) is 26.2. The zero-order valence-electron chi connectivity index (χ0n) is 10.3. The highest BCUT2D eigenvalue weighted by molar-refractivity contribution is 7.14. The van der Waals surface area contributed by atoms with Crippen LogP contribution < -0.4 is 5.32 Å². The Morgan fingerprint density at radius 2 is 2.20 bits per heavy atom. The second-order valence-corrected chi connectivity index (χ2v) is 5.56. The van der Waals surface area contributed by atoms with Gasteiger partial charge in [-0.2, -0.15) is 11.3 Å². The SMILES string of the molecule is O=C(NC(CCO)C(=O)O)c1csc(-c2ccsc2)n1. The summed E-state index contributed by atoms with van der Waals surface area (Å²) in [5.74, 6) is -1.73. The number of amides is 1. The zero-order chi connectivity index (χ0) is 14.5. The average Bonchev–Trinajstić information content (AvgIpc) is 3.08. The number of nitrogens with one attached hydrogen (secondary N) is 1. The normalized spacial score (nSPS) is 12.1. The Bertz CT molecular complexity index is 594. The van der Waals surface area contributed by atoms with Gasteiger partial charge in [-0.25, -0.2) is 9.78 Å². The Labute approximate surface area is 122 Å². The van der Waals surface area contributed by atoms with E-state index >= 15 is 0 Å². The lowest BCUT2D eigenvalue weighted by Gasteiger charge is -2.11. The molecule has 0 saturated carbocycles. The van der Waals surface area contributed by atoms with E-state index in [1.807, 2.05) is 16.8 Å². The van der Waals surface area contributed by atoms with Gasteiger partial charge in [0.25, 0.3) is 5.91 Å². The number of aliphatic hydroxyl groups excluding tert-OH is 1. The molecule has 1 atom stereocenters. The molecule has 20 heavy (non-hydrogen) atoms. The van der Waals surface area contributed by atoms with E-state index in [0.29, 0.717) is 5.01 Å². The van der Waals surface area contributed by atoms with E-state index in [0.717, 1.165) is 5.56 Å². The molecule has 0 saturated heterocycles. The summed E-state index contributed by atoms with van der Waals surface area (Å²) >= 11 is 2.86. The lowest BCUT2D eigenvalue weighted by Crippen LogP contribution is -2.41. The number of aromatic nitrogens is 1. The van der Waals surface area contributed by atoms with E-state index in [1.54, 1.807) is 5.38 Å². The van der Waals surface area contributed by atoms with E-state index in [1.165, 1.54) is 22.7 Å². The average molecular weight is 312 g/mol. The van der Waals surface area contributed by atoms with Crippen molar-refractivity contribution in [2.24, 2.45) is 0 Å². The van der Waals surface area contributed by atoms with Crippen molar-refractivity contribution in [3.63, 3.8) is 0 Å². The van der Waals surface area contributed by atoms with Crippen molar-refractivity contribution in [1.82, 2.24) is 10.3 Å². The van der Waals surface area contributed by atoms with Gasteiger partial charge in [0, 0.05) is 29.4 Å². The Morgan fingerprint density at radius 1 is 1.40 bits per heavy atom. The molecular weight excluding hydrogens is 300 g/mol. The summed E-state index contributed by atoms with van der Waals surface area (Å²) in [5.41, 5.74) is 1.12. The molecule has 1 amide bonds. The molecule has 0 fully saturated rings. The summed E-state index contributed by atoms with van der Waals surface area (Å²) in [6.45, 7) is -0.311. The quantitative estimate of drug-likeness (QED) is 0.749. The summed E-state index contributed by atoms with van der Waals surface area (Å²) in [7, 11) is 0. The molecule has 2 heterocycles. The summed E-state index contributed by atoms with van der Waals surface area (Å²) in [4.78, 5) is 27.0. The van der Waals surface area contributed by atoms with Crippen molar-refractivity contribution in [3.05, 3.63) is 27.9 Å². The summed E-state index contributed by atoms with van der Waals surface area (Å²) in [6.07, 6.45) is -0.0391. The fourth-order valence-corrected chi connectivity index (χ4v) is 3.03. The first-order valence-corrected chi connectivity index (χ1v) is 7.56. The van der Waals surface area contributed by atoms with Crippen LogP contribution in [-0.2, 0) is 4.79 Å². The van der Waals surface area contributed by atoms with Crippen molar-refractivity contribution < 1.29 is 19.8 Å². The smallest absolute Gasteiger partial charge is 0.326 e. The Hall–Kier alpha value is -1.77. The minimum Gasteiger partial charge on any atom is -0.480 e. The minimum atomic E-state index is -1.18. The fourth-order valence-electron chi connectivity index (χ4n) is 1.52. The molecule has 2 aromatic heterocycles. The van der Waals surface area contributed by atoms with Gasteiger partial charge >= 0.3 is 5.97 Å². The lowest BCUT2D eigenvalue weighted by atomic mass is 10.2. The van der Waals surface area contributed by atoms with Gasteiger partial charge in [-0.3, -0.25) is 4.79 Å². The Kier molecular flexibility index (Phi) is 4.83. The molecule has 0 aromatic carbocycles. The van der Waals surface area contributed by atoms with Crippen LogP contribution >= 0.6 is 22.7 Å². The number of carboxylic acid groups (broad SMARTS) is 1. The first kappa shape index (κ1) is 14.6. The first-order valence-electron chi connectivity index (χ1n) is 5.74. The van der Waals surface area contributed by atoms with Crippen LogP contribution in [0.2, 0.25) is 0 Å². The molecule has 0 radical (unpaired) electrons. The molecule has 0 bridgehead atoms. The molecule has 6 nitrogen and oxygen atoms in total. The number of thiazole rings is 1. The Morgan fingerprint density at radius 3 is 2.80 bits per heavy atom. The number of carboxylic acids is 1. The topological polar surface area (TPSA) is 99.5 Å². The van der Waals surface area contributed by atoms with Gasteiger partial charge in [-0.1, -0.05) is 0 Å². The fraction of sp³-hybridized carbons (Fsp3) is 0.250. The zero-order valence-corrected chi connectivity index (χ0v) is 11.9. The van der Waals surface area contributed by atoms with Crippen LogP contribution in [0.1, 0.15) is 16.9 Å². The molecule has 0 aliphatic heterocycles. The van der Waals surface area contributed by atoms with Crippen LogP contribution in [0.15, 0.2) is 22.2 Å². The van der Waals surface area contributed by atoms with Gasteiger partial charge < -0.3 is 15.5 Å². The van der Waals surface area contributed by atoms with Gasteiger partial charge in [0.15, 0.2) is 0 Å². The van der Waals surface area contributed by atoms with Crippen LogP contribution in [0.4, 0.5) is 0 Å². The number of carbonyl (C=O) groups excluding carboxylic acids is 1. The molecule has 8 heteroatoms. The number of rotatable bonds is 6. The summed E-state index contributed by atoms with van der Waals surface area (Å²) in [6, 6.07) is 0.788. The van der Waals surface area contributed by atoms with Gasteiger partial charge in [-0.05, 0) is 11.4 Å². The number of nitrogens with zero attached hydrogens (tertiary/aromatic N) is 1. The standard InChI is InChI=1S/C12H12N2O4S2/c15-3-1-8(12(17)18)13-10(16)9-6-20-11(14-9)7-2-4-19-5-7/h2,4-6,8,15H,1,3H2,(H,13,16)(H,17,18). The van der Waals surface area contributed by atoms with Crippen molar-refractivity contribution in [3.8, 4) is 10.6 Å². The number of aliphatic carboxylic acids is 1. The number of carbonyl (C=O) groups is 2. The van der Waals surface area contributed by atoms with Crippen molar-refractivity contribution in [1.29, 1.82) is 0 Å². The molecule has 3 N–H and O–H groups in total. The maximum atomic E-state index is 11.9. The molecule has 106 valence electrons. The second-order valence-electron chi connectivity index (χ2n) is 3.93. The molecule has 0 aliphatic carbocycles. The summed E-state index contributed by atoms with van der Waals surface area (Å²) < 4.78 is 0. The van der Waals surface area contributed by atoms with E-state index in [-0.39, 0.29) is 18.7 Å². The molecular formula is C12H12N2O4S2. The third kappa shape index (κ3) is 3.41. The maximum Gasteiger partial charge on any atom is 0.326 e. The third-order valence-corrected chi connectivity index (χ3v) is 4.10. The van der Waals surface area contributed by atoms with E-state index in [9.17, 15) is 9.59 Å². The first-order chi connectivity index (χ1) is 9.61. The number of hydrogen-bond acceptors (Lipinski definition) is 6. The largest absolute Gasteiger partial charge is 0.480 e. The third-order valence-electron chi connectivity index (χ3n) is 2.53. The molecule has 0 spiro atoms. The molecule has 1 unspecified atom stereocenters. The van der Waals surface area contributed by atoms with Crippen molar-refractivity contribution >= 4 is 34.6 Å². The van der Waals surface area contributed by atoms with Gasteiger partial charge in [0.2, 0.25) is 0 Å². The molecule has 2 aromatic rings. The highest BCUT2D eigenvalue weighted by atomic mass is 32.1. The number of aliphatic hydroxyl groups is 1. The molecule has 2 rings (SSSR count). The van der Waals surface area contributed by atoms with Gasteiger partial charge in [0.1, 0.15) is 16.7 Å². The monoisotopic (exact) mass is 312 g/mol. The minimum absolute atomic E-state index is 0.0391. The van der Waals surface area contributed by atoms with E-state index < -0.39 is 17.9 Å². The van der Waals surface area contributed by atoms with Gasteiger partial charge in [0.05, 0.1) is 0 Å². The highest BCUT2D eigenvalue weighted by Gasteiger charge is 2.21. The number of hydrogen-bond donors (Lipinski definition) is 3. The molecule has 0 aliphatic rings. The Balaban J connectivity index is 2.08. The van der Waals surface area contributed by atoms with Crippen LogP contribution in [0.25, 0.3) is 10.6 Å². The van der Waals surface area contributed by atoms with Crippen LogP contribution in [-0.4, -0.2) is 39.7 Å². The van der Waals surface area contributed by atoms with Gasteiger partial charge in [-0.15, -0.1) is 11.3 Å². The van der Waals surface area contributed by atoms with Crippen molar-refractivity contribution in [2.75, 3.05) is 6.61 Å². The van der Waals surface area contributed by atoms with E-state index in [2.05, 4.69) is 10.3 Å². The van der Waals surface area contributed by atoms with Crippen LogP contribution in [0.5, 0.6) is 0 Å². The predicted octanol–water partition coefficient (Wildman–Crippen LogP) is 1.44. The number of thiophene rings is 1. The predicted molar refractivity (Wildman–Crippen MR) is 76.0 cm³/mol. The van der Waals surface area contributed by atoms with E-state index in [4.69, 9.17) is 10.2 Å². The van der Waals surface area contributed by atoms with Crippen LogP contribution in [0.3, 0.4) is 0 Å². The maximum absolute atomic E-state index is 11.9. The highest BCUT2D eigenvalue weighted by Crippen LogP contribution is 2.25. The van der Waals surface area contributed by atoms with Crippen LogP contribution in [0, 0.1) is 0 Å². The van der Waals surface area contributed by atoms with Crippen molar-refractivity contribution in [2.45, 2.75) is 12.5 Å². The second kappa shape index (κ2) is 6.60.